The third kappa shape index (κ3) is 1.77. The quantitative estimate of drug-likeness (QED) is 0.851. The van der Waals surface area contributed by atoms with Crippen LogP contribution >= 0.6 is 0 Å². The SMILES string of the molecule is CC(C(=O)O)C(C)c1cccc2c1OCC2. The topological polar surface area (TPSA) is 46.5 Å². The summed E-state index contributed by atoms with van der Waals surface area (Å²) in [6.45, 7) is 4.39. The Balaban J connectivity index is 2.34. The van der Waals surface area contributed by atoms with E-state index in [-0.39, 0.29) is 5.92 Å². The Bertz CT molecular complexity index is 412. The molecule has 0 saturated heterocycles. The highest BCUT2D eigenvalue weighted by atomic mass is 16.5. The van der Waals surface area contributed by atoms with Gasteiger partial charge >= 0.3 is 5.97 Å². The summed E-state index contributed by atoms with van der Waals surface area (Å²) < 4.78 is 5.59. The number of aliphatic carboxylic acids is 1. The van der Waals surface area contributed by atoms with E-state index < -0.39 is 11.9 Å². The summed E-state index contributed by atoms with van der Waals surface area (Å²) in [5, 5.41) is 9.02. The maximum atomic E-state index is 11.0. The zero-order chi connectivity index (χ0) is 11.7. The highest BCUT2D eigenvalue weighted by molar-refractivity contribution is 5.71. The van der Waals surface area contributed by atoms with Crippen LogP contribution in [0, 0.1) is 5.92 Å². The Labute approximate surface area is 95.0 Å². The van der Waals surface area contributed by atoms with Crippen molar-refractivity contribution in [3.63, 3.8) is 0 Å². The number of carboxylic acids is 1. The summed E-state index contributed by atoms with van der Waals surface area (Å²) in [7, 11) is 0. The van der Waals surface area contributed by atoms with E-state index in [2.05, 4.69) is 0 Å². The minimum atomic E-state index is -0.761. The Morgan fingerprint density at radius 1 is 1.44 bits per heavy atom. The number of ether oxygens (including phenoxy) is 1. The van der Waals surface area contributed by atoms with Gasteiger partial charge in [0.2, 0.25) is 0 Å². The molecule has 0 radical (unpaired) electrons. The van der Waals surface area contributed by atoms with Crippen LogP contribution < -0.4 is 4.74 Å². The molecule has 0 aliphatic carbocycles. The van der Waals surface area contributed by atoms with Crippen molar-refractivity contribution in [3.8, 4) is 5.75 Å². The van der Waals surface area contributed by atoms with E-state index in [4.69, 9.17) is 9.84 Å². The zero-order valence-corrected chi connectivity index (χ0v) is 9.56. The number of para-hydroxylation sites is 1. The van der Waals surface area contributed by atoms with Gasteiger partial charge in [0.1, 0.15) is 5.75 Å². The molecule has 2 rings (SSSR count). The van der Waals surface area contributed by atoms with E-state index in [0.29, 0.717) is 6.61 Å². The van der Waals surface area contributed by atoms with E-state index in [1.54, 1.807) is 6.92 Å². The predicted octanol–water partition coefficient (Wildman–Crippen LogP) is 2.45. The van der Waals surface area contributed by atoms with Gasteiger partial charge < -0.3 is 9.84 Å². The Hall–Kier alpha value is -1.51. The molecule has 2 unspecified atom stereocenters. The lowest BCUT2D eigenvalue weighted by molar-refractivity contribution is -0.141. The molecule has 2 atom stereocenters. The fraction of sp³-hybridized carbons (Fsp3) is 0.462. The van der Waals surface area contributed by atoms with Gasteiger partial charge in [-0.1, -0.05) is 32.0 Å². The zero-order valence-electron chi connectivity index (χ0n) is 9.56. The Kier molecular flexibility index (Phi) is 2.86. The molecule has 3 nitrogen and oxygen atoms in total. The molecule has 1 N–H and O–H groups in total. The van der Waals surface area contributed by atoms with E-state index in [9.17, 15) is 4.79 Å². The van der Waals surface area contributed by atoms with Crippen molar-refractivity contribution in [3.05, 3.63) is 29.3 Å². The minimum Gasteiger partial charge on any atom is -0.493 e. The lowest BCUT2D eigenvalue weighted by Gasteiger charge is -2.18. The molecule has 1 aromatic carbocycles. The Morgan fingerprint density at radius 2 is 2.19 bits per heavy atom. The number of hydrogen-bond acceptors (Lipinski definition) is 2. The second kappa shape index (κ2) is 4.16. The number of rotatable bonds is 3. The van der Waals surface area contributed by atoms with E-state index in [1.165, 1.54) is 5.56 Å². The summed E-state index contributed by atoms with van der Waals surface area (Å²) >= 11 is 0. The lowest BCUT2D eigenvalue weighted by Crippen LogP contribution is -2.17. The standard InChI is InChI=1S/C13H16O3/c1-8(9(2)13(14)15)11-5-3-4-10-6-7-16-12(10)11/h3-5,8-9H,6-7H2,1-2H3,(H,14,15). The van der Waals surface area contributed by atoms with Gasteiger partial charge in [-0.05, 0) is 17.0 Å². The van der Waals surface area contributed by atoms with Gasteiger partial charge in [0, 0.05) is 6.42 Å². The van der Waals surface area contributed by atoms with Crippen LogP contribution in [0.15, 0.2) is 18.2 Å². The number of carbonyl (C=O) groups is 1. The van der Waals surface area contributed by atoms with Crippen LogP contribution in [-0.4, -0.2) is 17.7 Å². The third-order valence-corrected chi connectivity index (χ3v) is 3.37. The third-order valence-electron chi connectivity index (χ3n) is 3.37. The average Bonchev–Trinajstić information content (AvgIpc) is 2.74. The van der Waals surface area contributed by atoms with Crippen LogP contribution in [0.5, 0.6) is 5.75 Å². The highest BCUT2D eigenvalue weighted by Gasteiger charge is 2.26. The monoisotopic (exact) mass is 220 g/mol. The van der Waals surface area contributed by atoms with Crippen LogP contribution in [0.1, 0.15) is 30.9 Å². The largest absolute Gasteiger partial charge is 0.493 e. The molecule has 3 heteroatoms. The second-order valence-corrected chi connectivity index (χ2v) is 4.35. The predicted molar refractivity (Wildman–Crippen MR) is 60.9 cm³/mol. The molecule has 16 heavy (non-hydrogen) atoms. The lowest BCUT2D eigenvalue weighted by atomic mass is 9.87. The van der Waals surface area contributed by atoms with E-state index >= 15 is 0 Å². The molecule has 0 bridgehead atoms. The Morgan fingerprint density at radius 3 is 2.88 bits per heavy atom. The van der Waals surface area contributed by atoms with Crippen molar-refractivity contribution >= 4 is 5.97 Å². The molecule has 0 aromatic heterocycles. The fourth-order valence-corrected chi connectivity index (χ4v) is 2.08. The van der Waals surface area contributed by atoms with Gasteiger partial charge in [-0.2, -0.15) is 0 Å². The number of fused-ring (bicyclic) bond motifs is 1. The first kappa shape index (κ1) is 11.0. The van der Waals surface area contributed by atoms with Gasteiger partial charge in [-0.3, -0.25) is 4.79 Å². The molecular formula is C13H16O3. The van der Waals surface area contributed by atoms with Crippen LogP contribution in [0.3, 0.4) is 0 Å². The molecule has 0 spiro atoms. The molecule has 0 amide bonds. The maximum Gasteiger partial charge on any atom is 0.306 e. The first-order valence-corrected chi connectivity index (χ1v) is 5.58. The van der Waals surface area contributed by atoms with Crippen molar-refractivity contribution < 1.29 is 14.6 Å². The molecule has 1 aliphatic rings. The van der Waals surface area contributed by atoms with Crippen molar-refractivity contribution in [1.82, 2.24) is 0 Å². The molecular weight excluding hydrogens is 204 g/mol. The maximum absolute atomic E-state index is 11.0. The summed E-state index contributed by atoms with van der Waals surface area (Å²) in [6, 6.07) is 5.99. The average molecular weight is 220 g/mol. The first-order chi connectivity index (χ1) is 7.61. The van der Waals surface area contributed by atoms with Crippen molar-refractivity contribution in [1.29, 1.82) is 0 Å². The van der Waals surface area contributed by atoms with Gasteiger partial charge in [-0.15, -0.1) is 0 Å². The molecule has 0 fully saturated rings. The summed E-state index contributed by atoms with van der Waals surface area (Å²) in [5.74, 6) is -0.271. The van der Waals surface area contributed by atoms with Gasteiger partial charge in [0.05, 0.1) is 12.5 Å². The summed E-state index contributed by atoms with van der Waals surface area (Å²) in [5.41, 5.74) is 2.21. The normalized spacial score (nSPS) is 17.4. The summed E-state index contributed by atoms with van der Waals surface area (Å²) in [4.78, 5) is 11.0. The van der Waals surface area contributed by atoms with Crippen LogP contribution in [0.25, 0.3) is 0 Å². The van der Waals surface area contributed by atoms with Gasteiger partial charge in [0.25, 0.3) is 0 Å². The molecule has 1 aliphatic heterocycles. The van der Waals surface area contributed by atoms with Gasteiger partial charge in [0.15, 0.2) is 0 Å². The fourth-order valence-electron chi connectivity index (χ4n) is 2.08. The molecule has 86 valence electrons. The summed E-state index contributed by atoms with van der Waals surface area (Å²) in [6.07, 6.45) is 0.928. The molecule has 0 saturated carbocycles. The number of carboxylic acid groups (broad SMARTS) is 1. The smallest absolute Gasteiger partial charge is 0.306 e. The van der Waals surface area contributed by atoms with Gasteiger partial charge in [-0.25, -0.2) is 0 Å². The number of benzene rings is 1. The van der Waals surface area contributed by atoms with Crippen molar-refractivity contribution in [2.24, 2.45) is 5.92 Å². The highest BCUT2D eigenvalue weighted by Crippen LogP contribution is 2.37. The van der Waals surface area contributed by atoms with Crippen molar-refractivity contribution in [2.45, 2.75) is 26.2 Å². The van der Waals surface area contributed by atoms with Crippen LogP contribution in [-0.2, 0) is 11.2 Å². The molecule has 1 heterocycles. The van der Waals surface area contributed by atoms with Crippen LogP contribution in [0.2, 0.25) is 0 Å². The number of hydrogen-bond donors (Lipinski definition) is 1. The van der Waals surface area contributed by atoms with E-state index in [0.717, 1.165) is 17.7 Å². The second-order valence-electron chi connectivity index (χ2n) is 4.35. The molecule has 1 aromatic rings. The first-order valence-electron chi connectivity index (χ1n) is 5.58. The van der Waals surface area contributed by atoms with Crippen molar-refractivity contribution in [2.75, 3.05) is 6.61 Å². The van der Waals surface area contributed by atoms with Crippen LogP contribution in [0.4, 0.5) is 0 Å². The minimum absolute atomic E-state index is 0.0226. The van der Waals surface area contributed by atoms with E-state index in [1.807, 2.05) is 25.1 Å².